The van der Waals surface area contributed by atoms with Crippen LogP contribution in [0.5, 0.6) is 5.75 Å². The SMILES string of the molecule is COc1ccc(C(O)CC2CCOCC2)cc1Br. The zero-order chi connectivity index (χ0) is 13.0. The first-order valence-electron chi connectivity index (χ1n) is 6.30. The number of hydrogen-bond donors (Lipinski definition) is 1. The molecule has 0 aromatic heterocycles. The minimum Gasteiger partial charge on any atom is -0.496 e. The van der Waals surface area contributed by atoms with E-state index in [0.29, 0.717) is 5.92 Å². The van der Waals surface area contributed by atoms with Gasteiger partial charge in [0, 0.05) is 13.2 Å². The molecule has 1 fully saturated rings. The lowest BCUT2D eigenvalue weighted by Gasteiger charge is -2.24. The van der Waals surface area contributed by atoms with Crippen LogP contribution in [0, 0.1) is 5.92 Å². The number of ether oxygens (including phenoxy) is 2. The van der Waals surface area contributed by atoms with Gasteiger partial charge in [-0.15, -0.1) is 0 Å². The Morgan fingerprint density at radius 1 is 1.44 bits per heavy atom. The summed E-state index contributed by atoms with van der Waals surface area (Å²) in [7, 11) is 1.64. The number of halogens is 1. The molecular weight excluding hydrogens is 296 g/mol. The molecule has 1 atom stereocenters. The molecule has 1 aromatic rings. The van der Waals surface area contributed by atoms with E-state index in [2.05, 4.69) is 15.9 Å². The van der Waals surface area contributed by atoms with Crippen molar-refractivity contribution in [3.05, 3.63) is 28.2 Å². The fourth-order valence-corrected chi connectivity index (χ4v) is 2.88. The number of hydrogen-bond acceptors (Lipinski definition) is 3. The fraction of sp³-hybridized carbons (Fsp3) is 0.571. The molecule has 1 unspecified atom stereocenters. The molecule has 0 amide bonds. The predicted molar refractivity (Wildman–Crippen MR) is 73.8 cm³/mol. The number of aliphatic hydroxyl groups is 1. The third-order valence-electron chi connectivity index (χ3n) is 3.46. The molecule has 0 bridgehead atoms. The smallest absolute Gasteiger partial charge is 0.133 e. The molecule has 1 aliphatic rings. The summed E-state index contributed by atoms with van der Waals surface area (Å²) in [4.78, 5) is 0. The van der Waals surface area contributed by atoms with Gasteiger partial charge in [-0.2, -0.15) is 0 Å². The Bertz CT molecular complexity index is 389. The van der Waals surface area contributed by atoms with Crippen LogP contribution >= 0.6 is 15.9 Å². The van der Waals surface area contributed by atoms with Crippen LogP contribution < -0.4 is 4.74 Å². The topological polar surface area (TPSA) is 38.7 Å². The maximum absolute atomic E-state index is 10.3. The maximum atomic E-state index is 10.3. The first kappa shape index (κ1) is 13.8. The van der Waals surface area contributed by atoms with Gasteiger partial charge in [-0.3, -0.25) is 0 Å². The molecule has 4 heteroatoms. The van der Waals surface area contributed by atoms with Crippen LogP contribution in [0.25, 0.3) is 0 Å². The van der Waals surface area contributed by atoms with Gasteiger partial charge in [0.25, 0.3) is 0 Å². The van der Waals surface area contributed by atoms with Gasteiger partial charge in [0.1, 0.15) is 5.75 Å². The monoisotopic (exact) mass is 314 g/mol. The highest BCUT2D eigenvalue weighted by atomic mass is 79.9. The van der Waals surface area contributed by atoms with Crippen molar-refractivity contribution in [2.75, 3.05) is 20.3 Å². The van der Waals surface area contributed by atoms with Crippen molar-refractivity contribution in [2.24, 2.45) is 5.92 Å². The van der Waals surface area contributed by atoms with E-state index in [1.165, 1.54) is 0 Å². The van der Waals surface area contributed by atoms with Gasteiger partial charge in [0.05, 0.1) is 17.7 Å². The standard InChI is InChI=1S/C14H19BrO3/c1-17-14-3-2-11(9-12(14)15)13(16)8-10-4-6-18-7-5-10/h2-3,9-10,13,16H,4-8H2,1H3. The van der Waals surface area contributed by atoms with Crippen LogP contribution in [0.2, 0.25) is 0 Å². The van der Waals surface area contributed by atoms with Gasteiger partial charge in [0.2, 0.25) is 0 Å². The van der Waals surface area contributed by atoms with Gasteiger partial charge in [-0.25, -0.2) is 0 Å². The van der Waals surface area contributed by atoms with Gasteiger partial charge in [0.15, 0.2) is 0 Å². The van der Waals surface area contributed by atoms with E-state index in [0.717, 1.165) is 48.3 Å². The molecule has 1 saturated heterocycles. The highest BCUT2D eigenvalue weighted by molar-refractivity contribution is 9.10. The van der Waals surface area contributed by atoms with Crippen molar-refractivity contribution in [1.82, 2.24) is 0 Å². The summed E-state index contributed by atoms with van der Waals surface area (Å²) in [5, 5.41) is 10.3. The molecule has 18 heavy (non-hydrogen) atoms. The van der Waals surface area contributed by atoms with Crippen LogP contribution in [0.4, 0.5) is 0 Å². The Kier molecular flexibility index (Phi) is 5.03. The second-order valence-corrected chi connectivity index (χ2v) is 5.56. The lowest BCUT2D eigenvalue weighted by atomic mass is 9.91. The van der Waals surface area contributed by atoms with Crippen LogP contribution in [0.15, 0.2) is 22.7 Å². The lowest BCUT2D eigenvalue weighted by Crippen LogP contribution is -2.18. The van der Waals surface area contributed by atoms with Gasteiger partial charge < -0.3 is 14.6 Å². The molecule has 1 heterocycles. The van der Waals surface area contributed by atoms with Gasteiger partial charge in [-0.1, -0.05) is 6.07 Å². The van der Waals surface area contributed by atoms with Crippen LogP contribution in [0.3, 0.4) is 0 Å². The molecule has 3 nitrogen and oxygen atoms in total. The second kappa shape index (κ2) is 6.55. The summed E-state index contributed by atoms with van der Waals surface area (Å²) in [5.41, 5.74) is 0.939. The van der Waals surface area contributed by atoms with Crippen molar-refractivity contribution >= 4 is 15.9 Å². The molecule has 1 aromatic carbocycles. The van der Waals surface area contributed by atoms with Crippen molar-refractivity contribution < 1.29 is 14.6 Å². The van der Waals surface area contributed by atoms with Gasteiger partial charge >= 0.3 is 0 Å². The Hall–Kier alpha value is -0.580. The molecule has 1 aliphatic heterocycles. The summed E-state index contributed by atoms with van der Waals surface area (Å²) in [5.74, 6) is 1.35. The number of methoxy groups -OCH3 is 1. The zero-order valence-electron chi connectivity index (χ0n) is 10.6. The van der Waals surface area contributed by atoms with E-state index < -0.39 is 6.10 Å². The molecule has 2 rings (SSSR count). The normalized spacial score (nSPS) is 18.6. The summed E-state index contributed by atoms with van der Waals surface area (Å²) in [6.07, 6.45) is 2.50. The van der Waals surface area contributed by atoms with E-state index in [1.807, 2.05) is 18.2 Å². The van der Waals surface area contributed by atoms with Crippen molar-refractivity contribution in [1.29, 1.82) is 0 Å². The quantitative estimate of drug-likeness (QED) is 0.926. The van der Waals surface area contributed by atoms with E-state index in [9.17, 15) is 5.11 Å². The zero-order valence-corrected chi connectivity index (χ0v) is 12.1. The third-order valence-corrected chi connectivity index (χ3v) is 4.08. The van der Waals surface area contributed by atoms with E-state index in [-0.39, 0.29) is 0 Å². The van der Waals surface area contributed by atoms with Crippen LogP contribution in [-0.2, 0) is 4.74 Å². The summed E-state index contributed by atoms with van der Waals surface area (Å²) >= 11 is 3.44. The largest absolute Gasteiger partial charge is 0.496 e. The van der Waals surface area contributed by atoms with Crippen LogP contribution in [-0.4, -0.2) is 25.4 Å². The van der Waals surface area contributed by atoms with Crippen molar-refractivity contribution in [3.63, 3.8) is 0 Å². The number of rotatable bonds is 4. The third kappa shape index (κ3) is 3.46. The maximum Gasteiger partial charge on any atom is 0.133 e. The number of benzene rings is 1. The average molecular weight is 315 g/mol. The Morgan fingerprint density at radius 3 is 2.78 bits per heavy atom. The molecule has 0 aliphatic carbocycles. The first-order chi connectivity index (χ1) is 8.70. The fourth-order valence-electron chi connectivity index (χ4n) is 2.32. The minimum absolute atomic E-state index is 0.407. The van der Waals surface area contributed by atoms with E-state index in [1.54, 1.807) is 7.11 Å². The summed E-state index contributed by atoms with van der Waals surface area (Å²) < 4.78 is 11.4. The molecule has 0 spiro atoms. The van der Waals surface area contributed by atoms with Crippen molar-refractivity contribution in [3.8, 4) is 5.75 Å². The molecule has 100 valence electrons. The van der Waals surface area contributed by atoms with Crippen LogP contribution in [0.1, 0.15) is 30.9 Å². The Balaban J connectivity index is 1.99. The predicted octanol–water partition coefficient (Wildman–Crippen LogP) is 3.31. The lowest BCUT2D eigenvalue weighted by molar-refractivity contribution is 0.0435. The second-order valence-electron chi connectivity index (χ2n) is 4.70. The molecule has 1 N–H and O–H groups in total. The van der Waals surface area contributed by atoms with Crippen molar-refractivity contribution in [2.45, 2.75) is 25.4 Å². The highest BCUT2D eigenvalue weighted by Crippen LogP contribution is 2.32. The molecule has 0 radical (unpaired) electrons. The van der Waals surface area contributed by atoms with Gasteiger partial charge in [-0.05, 0) is 58.8 Å². The van der Waals surface area contributed by atoms with E-state index >= 15 is 0 Å². The Morgan fingerprint density at radius 2 is 2.17 bits per heavy atom. The Labute approximate surface area is 116 Å². The summed E-state index contributed by atoms with van der Waals surface area (Å²) in [6, 6.07) is 5.74. The molecule has 0 saturated carbocycles. The summed E-state index contributed by atoms with van der Waals surface area (Å²) in [6.45, 7) is 1.65. The van der Waals surface area contributed by atoms with E-state index in [4.69, 9.17) is 9.47 Å². The molecular formula is C14H19BrO3. The first-order valence-corrected chi connectivity index (χ1v) is 7.09. The minimum atomic E-state index is -0.407. The number of aliphatic hydroxyl groups excluding tert-OH is 1. The average Bonchev–Trinajstić information content (AvgIpc) is 2.39. The highest BCUT2D eigenvalue weighted by Gasteiger charge is 2.19.